The van der Waals surface area contributed by atoms with Gasteiger partial charge in [-0.05, 0) is 26.1 Å². The van der Waals surface area contributed by atoms with E-state index in [9.17, 15) is 0 Å². The van der Waals surface area contributed by atoms with Gasteiger partial charge < -0.3 is 15.0 Å². The van der Waals surface area contributed by atoms with Crippen molar-refractivity contribution in [1.29, 1.82) is 0 Å². The lowest BCUT2D eigenvalue weighted by Gasteiger charge is -2.24. The minimum atomic E-state index is 0.496. The SMILES string of the molecule is CCN(CC)CC(C)NCC1COc2ccccc21. The van der Waals surface area contributed by atoms with E-state index in [4.69, 9.17) is 4.74 Å². The average Bonchev–Trinajstić information content (AvgIpc) is 2.86. The fourth-order valence-corrected chi connectivity index (χ4v) is 2.68. The summed E-state index contributed by atoms with van der Waals surface area (Å²) in [5.41, 5.74) is 1.35. The summed E-state index contributed by atoms with van der Waals surface area (Å²) >= 11 is 0. The van der Waals surface area contributed by atoms with Crippen LogP contribution in [-0.2, 0) is 0 Å². The number of hydrogen-bond acceptors (Lipinski definition) is 3. The van der Waals surface area contributed by atoms with E-state index in [1.807, 2.05) is 6.07 Å². The van der Waals surface area contributed by atoms with E-state index in [1.165, 1.54) is 5.56 Å². The van der Waals surface area contributed by atoms with Crippen molar-refractivity contribution < 1.29 is 4.74 Å². The summed E-state index contributed by atoms with van der Waals surface area (Å²) in [6.07, 6.45) is 0. The summed E-state index contributed by atoms with van der Waals surface area (Å²) in [7, 11) is 0. The predicted octanol–water partition coefficient (Wildman–Crippen LogP) is 2.48. The van der Waals surface area contributed by atoms with Crippen molar-refractivity contribution in [1.82, 2.24) is 10.2 Å². The van der Waals surface area contributed by atoms with Gasteiger partial charge in [-0.1, -0.05) is 32.0 Å². The third-order valence-corrected chi connectivity index (χ3v) is 3.94. The van der Waals surface area contributed by atoms with Gasteiger partial charge in [-0.2, -0.15) is 0 Å². The molecule has 0 saturated heterocycles. The van der Waals surface area contributed by atoms with Gasteiger partial charge >= 0.3 is 0 Å². The quantitative estimate of drug-likeness (QED) is 0.817. The Bertz CT molecular complexity index is 390. The first-order valence-electron chi connectivity index (χ1n) is 7.42. The van der Waals surface area contributed by atoms with E-state index in [1.54, 1.807) is 0 Å². The van der Waals surface area contributed by atoms with Crippen molar-refractivity contribution >= 4 is 0 Å². The fraction of sp³-hybridized carbons (Fsp3) is 0.625. The molecule has 1 aromatic rings. The number of rotatable bonds is 7. The highest BCUT2D eigenvalue weighted by molar-refractivity contribution is 5.39. The van der Waals surface area contributed by atoms with Crippen LogP contribution in [0.25, 0.3) is 0 Å². The van der Waals surface area contributed by atoms with Gasteiger partial charge in [0.05, 0.1) is 6.61 Å². The lowest BCUT2D eigenvalue weighted by molar-refractivity contribution is 0.264. The van der Waals surface area contributed by atoms with Crippen LogP contribution in [0.1, 0.15) is 32.3 Å². The van der Waals surface area contributed by atoms with E-state index in [2.05, 4.69) is 49.2 Å². The maximum atomic E-state index is 5.72. The van der Waals surface area contributed by atoms with Gasteiger partial charge in [0, 0.05) is 30.6 Å². The zero-order chi connectivity index (χ0) is 13.7. The minimum absolute atomic E-state index is 0.496. The maximum Gasteiger partial charge on any atom is 0.122 e. The molecule has 3 heteroatoms. The zero-order valence-corrected chi connectivity index (χ0v) is 12.4. The van der Waals surface area contributed by atoms with Gasteiger partial charge in [0.2, 0.25) is 0 Å². The Morgan fingerprint density at radius 1 is 1.32 bits per heavy atom. The molecule has 2 unspecified atom stereocenters. The third-order valence-electron chi connectivity index (χ3n) is 3.94. The molecule has 1 heterocycles. The molecule has 106 valence electrons. The van der Waals surface area contributed by atoms with Crippen molar-refractivity contribution in [2.24, 2.45) is 0 Å². The summed E-state index contributed by atoms with van der Waals surface area (Å²) < 4.78 is 5.72. The van der Waals surface area contributed by atoms with Gasteiger partial charge in [-0.3, -0.25) is 0 Å². The van der Waals surface area contributed by atoms with Gasteiger partial charge in [-0.25, -0.2) is 0 Å². The Morgan fingerprint density at radius 2 is 2.05 bits per heavy atom. The largest absolute Gasteiger partial charge is 0.493 e. The molecule has 0 spiro atoms. The molecule has 2 rings (SSSR count). The van der Waals surface area contributed by atoms with Gasteiger partial charge in [0.1, 0.15) is 5.75 Å². The van der Waals surface area contributed by atoms with Gasteiger partial charge in [0.15, 0.2) is 0 Å². The molecule has 0 aromatic heterocycles. The van der Waals surface area contributed by atoms with Crippen molar-refractivity contribution in [3.63, 3.8) is 0 Å². The maximum absolute atomic E-state index is 5.72. The van der Waals surface area contributed by atoms with Crippen LogP contribution in [0.5, 0.6) is 5.75 Å². The fourth-order valence-electron chi connectivity index (χ4n) is 2.68. The Morgan fingerprint density at radius 3 is 2.79 bits per heavy atom. The van der Waals surface area contributed by atoms with Crippen LogP contribution in [0.15, 0.2) is 24.3 Å². The lowest BCUT2D eigenvalue weighted by Crippen LogP contribution is -2.40. The summed E-state index contributed by atoms with van der Waals surface area (Å²) in [5, 5.41) is 3.64. The molecule has 0 bridgehead atoms. The molecule has 0 fully saturated rings. The molecule has 1 aliphatic rings. The Balaban J connectivity index is 1.80. The smallest absolute Gasteiger partial charge is 0.122 e. The van der Waals surface area contributed by atoms with Crippen LogP contribution in [-0.4, -0.2) is 43.7 Å². The average molecular weight is 262 g/mol. The molecule has 1 N–H and O–H groups in total. The highest BCUT2D eigenvalue weighted by Gasteiger charge is 2.23. The molecule has 1 aromatic carbocycles. The third kappa shape index (κ3) is 3.71. The molecule has 2 atom stereocenters. The molecule has 19 heavy (non-hydrogen) atoms. The first-order chi connectivity index (χ1) is 9.24. The highest BCUT2D eigenvalue weighted by atomic mass is 16.5. The first-order valence-corrected chi connectivity index (χ1v) is 7.42. The molecule has 1 aliphatic heterocycles. The lowest BCUT2D eigenvalue weighted by atomic mass is 10.0. The van der Waals surface area contributed by atoms with E-state index in [0.29, 0.717) is 12.0 Å². The van der Waals surface area contributed by atoms with E-state index in [0.717, 1.165) is 38.5 Å². The number of ether oxygens (including phenoxy) is 1. The number of hydrogen-bond donors (Lipinski definition) is 1. The second-order valence-corrected chi connectivity index (χ2v) is 5.34. The Labute approximate surface area is 116 Å². The number of nitrogens with zero attached hydrogens (tertiary/aromatic N) is 1. The van der Waals surface area contributed by atoms with E-state index >= 15 is 0 Å². The van der Waals surface area contributed by atoms with Crippen LogP contribution >= 0.6 is 0 Å². The molecular formula is C16H26N2O. The summed E-state index contributed by atoms with van der Waals surface area (Å²) in [6.45, 7) is 11.9. The number of likely N-dealkylation sites (N-methyl/N-ethyl adjacent to an activating group) is 1. The van der Waals surface area contributed by atoms with Crippen LogP contribution in [0.3, 0.4) is 0 Å². The molecule has 0 amide bonds. The first kappa shape index (κ1) is 14.4. The second-order valence-electron chi connectivity index (χ2n) is 5.34. The molecule has 3 nitrogen and oxygen atoms in total. The van der Waals surface area contributed by atoms with E-state index < -0.39 is 0 Å². The van der Waals surface area contributed by atoms with Gasteiger partial charge in [-0.15, -0.1) is 0 Å². The van der Waals surface area contributed by atoms with Crippen LogP contribution in [0.4, 0.5) is 0 Å². The highest BCUT2D eigenvalue weighted by Crippen LogP contribution is 2.32. The minimum Gasteiger partial charge on any atom is -0.493 e. The van der Waals surface area contributed by atoms with Crippen molar-refractivity contribution in [2.75, 3.05) is 32.8 Å². The van der Waals surface area contributed by atoms with Crippen LogP contribution in [0.2, 0.25) is 0 Å². The normalized spacial score (nSPS) is 19.3. The van der Waals surface area contributed by atoms with Crippen LogP contribution in [0, 0.1) is 0 Å². The van der Waals surface area contributed by atoms with Crippen molar-refractivity contribution in [2.45, 2.75) is 32.7 Å². The molecule has 0 aliphatic carbocycles. The zero-order valence-electron chi connectivity index (χ0n) is 12.4. The standard InChI is InChI=1S/C16H26N2O/c1-4-18(5-2)11-13(3)17-10-14-12-19-16-9-7-6-8-15(14)16/h6-9,13-14,17H,4-5,10-12H2,1-3H3. The summed E-state index contributed by atoms with van der Waals surface area (Å²) in [5.74, 6) is 1.56. The van der Waals surface area contributed by atoms with Crippen molar-refractivity contribution in [3.05, 3.63) is 29.8 Å². The second kappa shape index (κ2) is 6.92. The number of nitrogens with one attached hydrogen (secondary N) is 1. The van der Waals surface area contributed by atoms with Crippen LogP contribution < -0.4 is 10.1 Å². The topological polar surface area (TPSA) is 24.5 Å². The summed E-state index contributed by atoms with van der Waals surface area (Å²) in [4.78, 5) is 2.46. The Hall–Kier alpha value is -1.06. The number of fused-ring (bicyclic) bond motifs is 1. The van der Waals surface area contributed by atoms with Crippen molar-refractivity contribution in [3.8, 4) is 5.75 Å². The Kier molecular flexibility index (Phi) is 5.23. The van der Waals surface area contributed by atoms with E-state index in [-0.39, 0.29) is 0 Å². The number of para-hydroxylation sites is 1. The number of benzene rings is 1. The predicted molar refractivity (Wildman–Crippen MR) is 79.9 cm³/mol. The summed E-state index contributed by atoms with van der Waals surface area (Å²) in [6, 6.07) is 8.91. The molecule has 0 saturated carbocycles. The van der Waals surface area contributed by atoms with Gasteiger partial charge in [0.25, 0.3) is 0 Å². The monoisotopic (exact) mass is 262 g/mol. The molecular weight excluding hydrogens is 236 g/mol. The molecule has 0 radical (unpaired) electrons.